The van der Waals surface area contributed by atoms with Crippen LogP contribution in [0, 0.1) is 11.8 Å². The van der Waals surface area contributed by atoms with Gasteiger partial charge in [-0.2, -0.15) is 11.8 Å². The third kappa shape index (κ3) is 4.85. The second-order valence-corrected chi connectivity index (χ2v) is 7.20. The first-order chi connectivity index (χ1) is 9.27. The number of thioether (sulfide) groups is 1. The summed E-state index contributed by atoms with van der Waals surface area (Å²) in [5.41, 5.74) is 1.48. The van der Waals surface area contributed by atoms with Gasteiger partial charge in [0.2, 0.25) is 0 Å². The van der Waals surface area contributed by atoms with Crippen molar-refractivity contribution in [1.82, 2.24) is 5.32 Å². The third-order valence-electron chi connectivity index (χ3n) is 4.17. The van der Waals surface area contributed by atoms with Crippen LogP contribution in [0.15, 0.2) is 30.3 Å². The topological polar surface area (TPSA) is 12.0 Å². The Morgan fingerprint density at radius 3 is 2.47 bits per heavy atom. The number of benzene rings is 1. The van der Waals surface area contributed by atoms with Crippen molar-refractivity contribution in [3.63, 3.8) is 0 Å². The average molecular weight is 277 g/mol. The molecule has 1 aromatic carbocycles. The fraction of sp³-hybridized carbons (Fsp3) is 0.647. The third-order valence-corrected chi connectivity index (χ3v) is 5.22. The van der Waals surface area contributed by atoms with Crippen LogP contribution in [0.25, 0.3) is 0 Å². The second-order valence-electron chi connectivity index (χ2n) is 5.98. The van der Waals surface area contributed by atoms with Crippen LogP contribution in [0.3, 0.4) is 0 Å². The molecule has 1 fully saturated rings. The van der Waals surface area contributed by atoms with E-state index in [4.69, 9.17) is 0 Å². The largest absolute Gasteiger partial charge is 0.316 e. The monoisotopic (exact) mass is 277 g/mol. The Bertz CT molecular complexity index is 344. The van der Waals surface area contributed by atoms with Crippen LogP contribution >= 0.6 is 11.8 Å². The van der Waals surface area contributed by atoms with Crippen LogP contribution in [0.4, 0.5) is 0 Å². The highest BCUT2D eigenvalue weighted by Crippen LogP contribution is 2.25. The Kier molecular flexibility index (Phi) is 6.25. The summed E-state index contributed by atoms with van der Waals surface area (Å²) in [4.78, 5) is 0. The minimum Gasteiger partial charge on any atom is -0.316 e. The highest BCUT2D eigenvalue weighted by molar-refractivity contribution is 7.99. The summed E-state index contributed by atoms with van der Waals surface area (Å²) < 4.78 is 0. The lowest BCUT2D eigenvalue weighted by atomic mass is 9.88. The van der Waals surface area contributed by atoms with Gasteiger partial charge in [0.15, 0.2) is 0 Å². The van der Waals surface area contributed by atoms with Gasteiger partial charge in [-0.25, -0.2) is 0 Å². The molecular weight excluding hydrogens is 250 g/mol. The number of nitrogens with one attached hydrogen (secondary N) is 1. The first-order valence-corrected chi connectivity index (χ1v) is 8.76. The van der Waals surface area contributed by atoms with Gasteiger partial charge in [0.25, 0.3) is 0 Å². The molecule has 1 nitrogen and oxygen atoms in total. The number of rotatable bonds is 6. The van der Waals surface area contributed by atoms with Crippen molar-refractivity contribution in [3.05, 3.63) is 35.9 Å². The lowest BCUT2D eigenvalue weighted by molar-refractivity contribution is 0.406. The molecule has 0 aliphatic carbocycles. The molecule has 0 bridgehead atoms. The van der Waals surface area contributed by atoms with Gasteiger partial charge in [-0.05, 0) is 54.2 Å². The molecule has 2 heteroatoms. The van der Waals surface area contributed by atoms with Crippen molar-refractivity contribution >= 4 is 11.8 Å². The van der Waals surface area contributed by atoms with E-state index in [9.17, 15) is 0 Å². The Hall–Kier alpha value is -0.470. The molecule has 1 unspecified atom stereocenters. The Morgan fingerprint density at radius 2 is 1.84 bits per heavy atom. The average Bonchev–Trinajstić information content (AvgIpc) is 2.45. The van der Waals surface area contributed by atoms with Gasteiger partial charge in [-0.1, -0.05) is 44.2 Å². The van der Waals surface area contributed by atoms with E-state index in [1.165, 1.54) is 36.5 Å². The van der Waals surface area contributed by atoms with Gasteiger partial charge in [0.1, 0.15) is 0 Å². The van der Waals surface area contributed by atoms with Crippen LogP contribution in [0.1, 0.15) is 38.2 Å². The van der Waals surface area contributed by atoms with E-state index in [0.29, 0.717) is 11.8 Å². The molecule has 19 heavy (non-hydrogen) atoms. The van der Waals surface area contributed by atoms with E-state index >= 15 is 0 Å². The molecule has 0 amide bonds. The summed E-state index contributed by atoms with van der Waals surface area (Å²) in [5, 5.41) is 3.73. The van der Waals surface area contributed by atoms with Gasteiger partial charge < -0.3 is 5.32 Å². The highest BCUT2D eigenvalue weighted by atomic mass is 32.2. The molecule has 1 aromatic rings. The summed E-state index contributed by atoms with van der Waals surface area (Å²) in [7, 11) is 0. The van der Waals surface area contributed by atoms with E-state index in [0.717, 1.165) is 12.5 Å². The molecule has 1 saturated heterocycles. The van der Waals surface area contributed by atoms with Crippen molar-refractivity contribution in [1.29, 1.82) is 0 Å². The van der Waals surface area contributed by atoms with Gasteiger partial charge >= 0.3 is 0 Å². The molecule has 2 rings (SSSR count). The normalized spacial score (nSPS) is 18.7. The molecule has 0 saturated carbocycles. The van der Waals surface area contributed by atoms with Crippen LogP contribution in [0.5, 0.6) is 0 Å². The maximum absolute atomic E-state index is 3.73. The molecule has 1 N–H and O–H groups in total. The van der Waals surface area contributed by atoms with E-state index in [-0.39, 0.29) is 0 Å². The maximum Gasteiger partial charge on any atom is 0.00227 e. The first-order valence-electron chi connectivity index (χ1n) is 7.60. The quantitative estimate of drug-likeness (QED) is 0.838. The molecule has 106 valence electrons. The summed E-state index contributed by atoms with van der Waals surface area (Å²) >= 11 is 2.11. The van der Waals surface area contributed by atoms with Crippen molar-refractivity contribution in [2.24, 2.45) is 11.8 Å². The second kappa shape index (κ2) is 7.96. The van der Waals surface area contributed by atoms with E-state index in [2.05, 4.69) is 61.3 Å². The molecule has 1 atom stereocenters. The molecule has 0 spiro atoms. The SMILES string of the molecule is CC(C)C(CNCC1CCSCC1)c1ccccc1. The van der Waals surface area contributed by atoms with Crippen LogP contribution in [-0.4, -0.2) is 24.6 Å². The van der Waals surface area contributed by atoms with Crippen molar-refractivity contribution in [3.8, 4) is 0 Å². The molecule has 1 aliphatic heterocycles. The van der Waals surface area contributed by atoms with Crippen LogP contribution in [-0.2, 0) is 0 Å². The number of hydrogen-bond acceptors (Lipinski definition) is 2. The van der Waals surface area contributed by atoms with Crippen LogP contribution < -0.4 is 5.32 Å². The van der Waals surface area contributed by atoms with E-state index in [1.807, 2.05) is 0 Å². The fourth-order valence-electron chi connectivity index (χ4n) is 2.83. The molecular formula is C17H27NS. The minimum absolute atomic E-state index is 0.638. The predicted octanol–water partition coefficient (Wildman–Crippen LogP) is 4.16. The molecule has 1 heterocycles. The van der Waals surface area contributed by atoms with E-state index < -0.39 is 0 Å². The van der Waals surface area contributed by atoms with E-state index in [1.54, 1.807) is 0 Å². The Morgan fingerprint density at radius 1 is 1.16 bits per heavy atom. The zero-order valence-corrected chi connectivity index (χ0v) is 13.1. The molecule has 0 radical (unpaired) electrons. The van der Waals surface area contributed by atoms with Crippen molar-refractivity contribution in [2.45, 2.75) is 32.6 Å². The lowest BCUT2D eigenvalue weighted by Gasteiger charge is -2.25. The van der Waals surface area contributed by atoms with Crippen molar-refractivity contribution in [2.75, 3.05) is 24.6 Å². The highest BCUT2D eigenvalue weighted by Gasteiger charge is 2.17. The maximum atomic E-state index is 3.73. The summed E-state index contributed by atoms with van der Waals surface area (Å²) in [6.07, 6.45) is 2.80. The standard InChI is InChI=1S/C17H27NS/c1-14(2)17(16-6-4-3-5-7-16)13-18-12-15-8-10-19-11-9-15/h3-7,14-15,17-18H,8-13H2,1-2H3. The smallest absolute Gasteiger partial charge is 0.00227 e. The van der Waals surface area contributed by atoms with Crippen molar-refractivity contribution < 1.29 is 0 Å². The molecule has 0 aromatic heterocycles. The van der Waals surface area contributed by atoms with Gasteiger partial charge in [0, 0.05) is 6.54 Å². The fourth-order valence-corrected chi connectivity index (χ4v) is 4.04. The summed E-state index contributed by atoms with van der Waals surface area (Å²) in [5.74, 6) is 4.96. The zero-order chi connectivity index (χ0) is 13.5. The Labute approximate surface area is 122 Å². The zero-order valence-electron chi connectivity index (χ0n) is 12.3. The van der Waals surface area contributed by atoms with Gasteiger partial charge in [0.05, 0.1) is 0 Å². The van der Waals surface area contributed by atoms with Crippen LogP contribution in [0.2, 0.25) is 0 Å². The van der Waals surface area contributed by atoms with Gasteiger partial charge in [-0.3, -0.25) is 0 Å². The first kappa shape index (κ1) is 14.9. The lowest BCUT2D eigenvalue weighted by Crippen LogP contribution is -2.30. The minimum atomic E-state index is 0.638. The predicted molar refractivity (Wildman–Crippen MR) is 86.9 cm³/mol. The molecule has 1 aliphatic rings. The summed E-state index contributed by atoms with van der Waals surface area (Å²) in [6, 6.07) is 11.0. The number of hydrogen-bond donors (Lipinski definition) is 1. The Balaban J connectivity index is 1.80. The van der Waals surface area contributed by atoms with Gasteiger partial charge in [-0.15, -0.1) is 0 Å². The summed E-state index contributed by atoms with van der Waals surface area (Å²) in [6.45, 7) is 6.98.